The highest BCUT2D eigenvalue weighted by molar-refractivity contribution is 4.92. The number of piperidine rings is 2. The van der Waals surface area contributed by atoms with Crippen LogP contribution in [0.5, 0.6) is 0 Å². The number of rotatable bonds is 1. The van der Waals surface area contributed by atoms with E-state index in [2.05, 4.69) is 11.8 Å². The smallest absolute Gasteiger partial charge is 0.135 e. The molecule has 0 aliphatic carbocycles. The molecule has 74 valence electrons. The molecule has 4 aliphatic heterocycles. The Kier molecular flexibility index (Phi) is 1.56. The van der Waals surface area contributed by atoms with E-state index >= 15 is 0 Å². The maximum absolute atomic E-state index is 10.0. The lowest BCUT2D eigenvalue weighted by Crippen LogP contribution is -2.75. The summed E-state index contributed by atoms with van der Waals surface area (Å²) in [6, 6.07) is 0. The summed E-state index contributed by atoms with van der Waals surface area (Å²) < 4.78 is 1.26. The van der Waals surface area contributed by atoms with E-state index in [9.17, 15) is 5.11 Å². The molecule has 0 amide bonds. The van der Waals surface area contributed by atoms with Crippen LogP contribution in [0.4, 0.5) is 0 Å². The molecule has 0 aromatic carbocycles. The minimum Gasteiger partial charge on any atom is -0.392 e. The van der Waals surface area contributed by atoms with Gasteiger partial charge in [0.1, 0.15) is 6.67 Å². The third-order valence-electron chi connectivity index (χ3n) is 4.37. The van der Waals surface area contributed by atoms with Gasteiger partial charge in [-0.2, -0.15) is 0 Å². The highest BCUT2D eigenvalue weighted by Gasteiger charge is 2.54. The quantitative estimate of drug-likeness (QED) is 0.565. The second kappa shape index (κ2) is 2.47. The first-order chi connectivity index (χ1) is 6.22. The summed E-state index contributed by atoms with van der Waals surface area (Å²) in [6.45, 7) is 9.54. The summed E-state index contributed by atoms with van der Waals surface area (Å²) >= 11 is 0. The van der Waals surface area contributed by atoms with E-state index in [-0.39, 0.29) is 6.10 Å². The molecule has 4 rings (SSSR count). The van der Waals surface area contributed by atoms with Crippen LogP contribution in [0, 0.1) is 11.8 Å². The van der Waals surface area contributed by atoms with Crippen LogP contribution in [0.3, 0.4) is 0 Å². The first-order valence-electron chi connectivity index (χ1n) is 5.48. The lowest BCUT2D eigenvalue weighted by atomic mass is 9.78. The third-order valence-corrected chi connectivity index (χ3v) is 4.37. The molecule has 4 bridgehead atoms. The number of hydrogen-bond donors (Lipinski definition) is 1. The molecule has 3 unspecified atom stereocenters. The van der Waals surface area contributed by atoms with Crippen molar-refractivity contribution in [3.8, 4) is 0 Å². The summed E-state index contributed by atoms with van der Waals surface area (Å²) in [5.74, 6) is 1.14. The van der Waals surface area contributed by atoms with Crippen molar-refractivity contribution in [2.45, 2.75) is 13.0 Å². The predicted molar refractivity (Wildman–Crippen MR) is 50.0 cm³/mol. The average molecular weight is 183 g/mol. The number of hydrogen-bond acceptors (Lipinski definition) is 2. The van der Waals surface area contributed by atoms with E-state index in [1.165, 1.54) is 30.8 Å². The number of aliphatic hydroxyl groups is 1. The van der Waals surface area contributed by atoms with Gasteiger partial charge in [0.15, 0.2) is 0 Å². The molecule has 0 saturated carbocycles. The lowest BCUT2D eigenvalue weighted by molar-refractivity contribution is -0.961. The van der Waals surface area contributed by atoms with Gasteiger partial charge in [-0.25, -0.2) is 0 Å². The minimum atomic E-state index is 0.00866. The lowest BCUT2D eigenvalue weighted by Gasteiger charge is -2.60. The van der Waals surface area contributed by atoms with Crippen molar-refractivity contribution in [1.29, 1.82) is 0 Å². The molecule has 4 aliphatic rings. The fourth-order valence-corrected chi connectivity index (χ4v) is 3.75. The normalized spacial score (nSPS) is 58.6. The predicted octanol–water partition coefficient (Wildman–Crippen LogP) is -0.283. The van der Waals surface area contributed by atoms with Gasteiger partial charge < -0.3 is 9.59 Å². The van der Waals surface area contributed by atoms with E-state index in [1.54, 1.807) is 0 Å². The molecule has 3 nitrogen and oxygen atoms in total. The van der Waals surface area contributed by atoms with Crippen LogP contribution >= 0.6 is 0 Å². The van der Waals surface area contributed by atoms with E-state index < -0.39 is 0 Å². The molecule has 1 N–H and O–H groups in total. The summed E-state index contributed by atoms with van der Waals surface area (Å²) in [5, 5.41) is 10.0. The highest BCUT2D eigenvalue weighted by Crippen LogP contribution is 2.38. The Morgan fingerprint density at radius 3 is 2.46 bits per heavy atom. The van der Waals surface area contributed by atoms with Gasteiger partial charge in [0.2, 0.25) is 0 Å². The van der Waals surface area contributed by atoms with Gasteiger partial charge in [-0.15, -0.1) is 0 Å². The molecule has 5 atom stereocenters. The van der Waals surface area contributed by atoms with E-state index in [0.29, 0.717) is 11.8 Å². The number of aliphatic hydroxyl groups excluding tert-OH is 1. The van der Waals surface area contributed by atoms with Gasteiger partial charge in [0.05, 0.1) is 25.7 Å². The maximum Gasteiger partial charge on any atom is 0.135 e. The minimum absolute atomic E-state index is 0.00866. The van der Waals surface area contributed by atoms with Crippen molar-refractivity contribution in [2.75, 3.05) is 39.4 Å². The van der Waals surface area contributed by atoms with Crippen LogP contribution in [0.2, 0.25) is 0 Å². The van der Waals surface area contributed by atoms with Crippen molar-refractivity contribution >= 4 is 0 Å². The summed E-state index contributed by atoms with van der Waals surface area (Å²) in [5.41, 5.74) is 0. The average Bonchev–Trinajstić information content (AvgIpc) is 2.13. The zero-order valence-corrected chi connectivity index (χ0v) is 8.32. The summed E-state index contributed by atoms with van der Waals surface area (Å²) in [4.78, 5) is 2.55. The van der Waals surface area contributed by atoms with E-state index in [0.717, 1.165) is 13.1 Å². The number of nitrogens with zero attached hydrogens (tertiary/aromatic N) is 2. The third kappa shape index (κ3) is 1.01. The van der Waals surface area contributed by atoms with Crippen LogP contribution < -0.4 is 0 Å². The molecule has 4 fully saturated rings. The topological polar surface area (TPSA) is 23.5 Å². The zero-order valence-electron chi connectivity index (χ0n) is 8.32. The van der Waals surface area contributed by atoms with Gasteiger partial charge in [-0.05, 0) is 6.92 Å². The molecular formula is C10H19N2O+. The molecule has 0 radical (unpaired) electrons. The standard InChI is InChI=1S/C10H19N2O/c1-2-12-5-8-3-11(7-12)4-9(6-12)10(8)13/h8-10,13H,2-7H2,1H3/q+1/t8-,9+,10?,12?. The molecular weight excluding hydrogens is 164 g/mol. The fourth-order valence-electron chi connectivity index (χ4n) is 3.75. The first kappa shape index (κ1) is 8.21. The molecule has 0 aromatic heterocycles. The van der Waals surface area contributed by atoms with Crippen molar-refractivity contribution in [1.82, 2.24) is 4.90 Å². The van der Waals surface area contributed by atoms with Gasteiger partial charge in [-0.3, -0.25) is 4.90 Å². The Hall–Kier alpha value is -0.120. The summed E-state index contributed by atoms with van der Waals surface area (Å²) in [6.07, 6.45) is 0.00866. The van der Waals surface area contributed by atoms with Crippen LogP contribution in [0.25, 0.3) is 0 Å². The monoisotopic (exact) mass is 183 g/mol. The molecule has 4 heterocycles. The largest absolute Gasteiger partial charge is 0.392 e. The SMILES string of the molecule is CC[N+]12C[C@H]3CN(C[C@@H](C1)C3O)C2. The van der Waals surface area contributed by atoms with Crippen LogP contribution in [-0.2, 0) is 0 Å². The zero-order chi connectivity index (χ0) is 9.05. The second-order valence-electron chi connectivity index (χ2n) is 5.21. The highest BCUT2D eigenvalue weighted by atomic mass is 16.3. The Bertz CT molecular complexity index is 215. The van der Waals surface area contributed by atoms with Crippen molar-refractivity contribution in [3.63, 3.8) is 0 Å². The Labute approximate surface area is 79.5 Å². The van der Waals surface area contributed by atoms with Gasteiger partial charge in [-0.1, -0.05) is 0 Å². The van der Waals surface area contributed by atoms with Crippen molar-refractivity contribution < 1.29 is 9.59 Å². The van der Waals surface area contributed by atoms with Gasteiger partial charge in [0.25, 0.3) is 0 Å². The molecule has 0 spiro atoms. The van der Waals surface area contributed by atoms with E-state index in [4.69, 9.17) is 0 Å². The van der Waals surface area contributed by atoms with E-state index in [1.807, 2.05) is 0 Å². The maximum atomic E-state index is 10.0. The van der Waals surface area contributed by atoms with Crippen molar-refractivity contribution in [2.24, 2.45) is 11.8 Å². The Morgan fingerprint density at radius 2 is 1.92 bits per heavy atom. The van der Waals surface area contributed by atoms with Gasteiger partial charge in [0, 0.05) is 24.9 Å². The van der Waals surface area contributed by atoms with Gasteiger partial charge >= 0.3 is 0 Å². The second-order valence-corrected chi connectivity index (χ2v) is 5.21. The van der Waals surface area contributed by atoms with Crippen LogP contribution in [0.15, 0.2) is 0 Å². The summed E-state index contributed by atoms with van der Waals surface area (Å²) in [7, 11) is 0. The fraction of sp³-hybridized carbons (Fsp3) is 1.00. The van der Waals surface area contributed by atoms with Crippen molar-refractivity contribution in [3.05, 3.63) is 0 Å². The first-order valence-corrected chi connectivity index (χ1v) is 5.48. The van der Waals surface area contributed by atoms with Crippen LogP contribution in [-0.4, -0.2) is 60.0 Å². The molecule has 3 heteroatoms. The molecule has 13 heavy (non-hydrogen) atoms. The Morgan fingerprint density at radius 1 is 1.31 bits per heavy atom. The molecule has 0 aromatic rings. The number of quaternary nitrogens is 1. The van der Waals surface area contributed by atoms with Crippen LogP contribution in [0.1, 0.15) is 6.92 Å². The Balaban J connectivity index is 1.92. The molecule has 4 saturated heterocycles.